The van der Waals surface area contributed by atoms with Crippen LogP contribution in [-0.4, -0.2) is 44.2 Å². The Labute approximate surface area is 176 Å². The van der Waals surface area contributed by atoms with E-state index in [1.54, 1.807) is 68.2 Å². The van der Waals surface area contributed by atoms with E-state index in [-0.39, 0.29) is 0 Å². The molecule has 0 atom stereocenters. The summed E-state index contributed by atoms with van der Waals surface area (Å²) in [4.78, 5) is 7.81. The molecule has 4 aromatic rings. The number of halogens is 1. The molecule has 10 nitrogen and oxygen atoms in total. The molecule has 11 heteroatoms. The monoisotopic (exact) mass is 460 g/mol. The summed E-state index contributed by atoms with van der Waals surface area (Å²) in [6.45, 7) is 0. The van der Waals surface area contributed by atoms with Crippen molar-refractivity contribution in [1.29, 1.82) is 0 Å². The molecule has 0 spiro atoms. The topological polar surface area (TPSA) is 143 Å². The number of ether oxygens (including phenoxy) is 2. The first-order valence-electron chi connectivity index (χ1n) is 8.23. The summed E-state index contributed by atoms with van der Waals surface area (Å²) in [5.41, 5.74) is 11.5. The first-order chi connectivity index (χ1) is 14.0. The van der Waals surface area contributed by atoms with Crippen molar-refractivity contribution in [1.82, 2.24) is 29.9 Å². The van der Waals surface area contributed by atoms with Crippen LogP contribution < -0.4 is 20.9 Å². The van der Waals surface area contributed by atoms with Gasteiger partial charge in [-0.25, -0.2) is 4.68 Å². The lowest BCUT2D eigenvalue weighted by Crippen LogP contribution is -1.99. The SMILES string of the molecule is COc1cnccc1-n1ccc(N)n1.COc1cnccc1Br.Nc1ccn[nH]1. The number of anilines is 2. The number of H-pyrrole nitrogens is 1. The molecule has 0 bridgehead atoms. The average molecular weight is 461 g/mol. The van der Waals surface area contributed by atoms with Crippen LogP contribution in [0, 0.1) is 0 Å². The molecule has 0 amide bonds. The third-order valence-corrected chi connectivity index (χ3v) is 3.97. The van der Waals surface area contributed by atoms with Crippen molar-refractivity contribution in [2.24, 2.45) is 0 Å². The van der Waals surface area contributed by atoms with E-state index in [1.165, 1.54) is 0 Å². The van der Waals surface area contributed by atoms with Gasteiger partial charge in [0, 0.05) is 24.7 Å². The van der Waals surface area contributed by atoms with Gasteiger partial charge in [0.25, 0.3) is 0 Å². The van der Waals surface area contributed by atoms with E-state index in [1.807, 2.05) is 12.1 Å². The lowest BCUT2D eigenvalue weighted by atomic mass is 10.4. The second kappa shape index (κ2) is 11.3. The number of aromatic nitrogens is 6. The quantitative estimate of drug-likeness (QED) is 0.423. The number of nitrogens with two attached hydrogens (primary N) is 2. The largest absolute Gasteiger partial charge is 0.494 e. The van der Waals surface area contributed by atoms with Crippen molar-refractivity contribution in [3.05, 3.63) is 65.9 Å². The maximum Gasteiger partial charge on any atom is 0.162 e. The zero-order valence-corrected chi connectivity index (χ0v) is 17.4. The maximum absolute atomic E-state index is 5.52. The van der Waals surface area contributed by atoms with Gasteiger partial charge in [-0.3, -0.25) is 15.1 Å². The van der Waals surface area contributed by atoms with Gasteiger partial charge in [0.2, 0.25) is 0 Å². The van der Waals surface area contributed by atoms with Gasteiger partial charge in [0.05, 0.1) is 37.3 Å². The summed E-state index contributed by atoms with van der Waals surface area (Å²) in [7, 11) is 3.20. The minimum Gasteiger partial charge on any atom is -0.494 e. The zero-order chi connectivity index (χ0) is 21.1. The highest BCUT2D eigenvalue weighted by Gasteiger charge is 2.05. The van der Waals surface area contributed by atoms with E-state index in [0.29, 0.717) is 17.4 Å². The number of nitrogens with one attached hydrogen (secondary N) is 1. The molecule has 0 fully saturated rings. The highest BCUT2D eigenvalue weighted by atomic mass is 79.9. The molecule has 4 rings (SSSR count). The summed E-state index contributed by atoms with van der Waals surface area (Å²) in [6.07, 6.45) is 10.0. The van der Waals surface area contributed by atoms with Gasteiger partial charge in [-0.05, 0) is 34.1 Å². The maximum atomic E-state index is 5.52. The fraction of sp³-hybridized carbons (Fsp3) is 0.111. The predicted molar refractivity (Wildman–Crippen MR) is 114 cm³/mol. The highest BCUT2D eigenvalue weighted by molar-refractivity contribution is 9.10. The third kappa shape index (κ3) is 6.81. The normalized spacial score (nSPS) is 9.48. The Morgan fingerprint density at radius 3 is 2.07 bits per heavy atom. The Balaban J connectivity index is 0.000000171. The van der Waals surface area contributed by atoms with Crippen molar-refractivity contribution < 1.29 is 9.47 Å². The molecule has 0 aliphatic heterocycles. The second-order valence-electron chi connectivity index (χ2n) is 5.25. The highest BCUT2D eigenvalue weighted by Crippen LogP contribution is 2.21. The molecule has 5 N–H and O–H groups in total. The van der Waals surface area contributed by atoms with Crippen molar-refractivity contribution in [2.75, 3.05) is 25.7 Å². The smallest absolute Gasteiger partial charge is 0.162 e. The Kier molecular flexibility index (Phi) is 8.45. The van der Waals surface area contributed by atoms with Crippen LogP contribution in [0.5, 0.6) is 11.5 Å². The van der Waals surface area contributed by atoms with E-state index in [2.05, 4.69) is 41.2 Å². The van der Waals surface area contributed by atoms with Gasteiger partial charge in [0.15, 0.2) is 11.5 Å². The van der Waals surface area contributed by atoms with Crippen LogP contribution in [0.25, 0.3) is 5.69 Å². The van der Waals surface area contributed by atoms with Crippen LogP contribution in [0.2, 0.25) is 0 Å². The Bertz CT molecular complexity index is 991. The minimum absolute atomic E-state index is 0.476. The number of methoxy groups -OCH3 is 2. The van der Waals surface area contributed by atoms with Crippen LogP contribution in [-0.2, 0) is 0 Å². The third-order valence-electron chi connectivity index (χ3n) is 3.32. The molecule has 0 saturated heterocycles. The Hall–Kier alpha value is -3.60. The minimum atomic E-state index is 0.476. The second-order valence-corrected chi connectivity index (χ2v) is 6.11. The number of nitrogens with zero attached hydrogens (tertiary/aromatic N) is 5. The molecular formula is C18H21BrN8O2. The summed E-state index contributed by atoms with van der Waals surface area (Å²) in [6, 6.07) is 7.06. The fourth-order valence-electron chi connectivity index (χ4n) is 1.97. The molecule has 29 heavy (non-hydrogen) atoms. The van der Waals surface area contributed by atoms with Crippen molar-refractivity contribution >= 4 is 27.6 Å². The molecular weight excluding hydrogens is 440 g/mol. The van der Waals surface area contributed by atoms with Crippen LogP contribution >= 0.6 is 15.9 Å². The molecule has 0 radical (unpaired) electrons. The van der Waals surface area contributed by atoms with Crippen LogP contribution in [0.1, 0.15) is 0 Å². The van der Waals surface area contributed by atoms with Crippen LogP contribution in [0.15, 0.2) is 65.9 Å². The van der Waals surface area contributed by atoms with Gasteiger partial charge >= 0.3 is 0 Å². The number of aromatic amines is 1. The van der Waals surface area contributed by atoms with Gasteiger partial charge in [-0.1, -0.05) is 0 Å². The molecule has 152 valence electrons. The Morgan fingerprint density at radius 1 is 0.931 bits per heavy atom. The van der Waals surface area contributed by atoms with Gasteiger partial charge in [-0.2, -0.15) is 10.2 Å². The molecule has 4 heterocycles. The van der Waals surface area contributed by atoms with Crippen molar-refractivity contribution in [3.8, 4) is 17.2 Å². The number of nitrogen functional groups attached to an aromatic ring is 2. The van der Waals surface area contributed by atoms with Gasteiger partial charge in [0.1, 0.15) is 17.3 Å². The van der Waals surface area contributed by atoms with Crippen LogP contribution in [0.4, 0.5) is 11.6 Å². The molecule has 0 aromatic carbocycles. The predicted octanol–water partition coefficient (Wildman–Crippen LogP) is 2.70. The van der Waals surface area contributed by atoms with E-state index in [9.17, 15) is 0 Å². The van der Waals surface area contributed by atoms with E-state index >= 15 is 0 Å². The van der Waals surface area contributed by atoms with Gasteiger partial charge < -0.3 is 20.9 Å². The van der Waals surface area contributed by atoms with Crippen molar-refractivity contribution in [3.63, 3.8) is 0 Å². The summed E-state index contributed by atoms with van der Waals surface area (Å²) >= 11 is 3.29. The average Bonchev–Trinajstić information content (AvgIpc) is 3.40. The summed E-state index contributed by atoms with van der Waals surface area (Å²) in [5.74, 6) is 2.51. The molecule has 0 aliphatic rings. The zero-order valence-electron chi connectivity index (χ0n) is 15.9. The Morgan fingerprint density at radius 2 is 1.62 bits per heavy atom. The summed E-state index contributed by atoms with van der Waals surface area (Å²) < 4.78 is 12.7. The van der Waals surface area contributed by atoms with Gasteiger partial charge in [-0.15, -0.1) is 0 Å². The lowest BCUT2D eigenvalue weighted by molar-refractivity contribution is 0.410. The molecule has 0 saturated carbocycles. The van der Waals surface area contributed by atoms with E-state index in [4.69, 9.17) is 20.9 Å². The number of pyridine rings is 2. The first-order valence-corrected chi connectivity index (χ1v) is 9.02. The molecule has 4 aromatic heterocycles. The molecule has 0 unspecified atom stereocenters. The lowest BCUT2D eigenvalue weighted by Gasteiger charge is -2.06. The van der Waals surface area contributed by atoms with Crippen LogP contribution in [0.3, 0.4) is 0 Å². The fourth-order valence-corrected chi connectivity index (χ4v) is 2.35. The van der Waals surface area contributed by atoms with Crippen molar-refractivity contribution in [2.45, 2.75) is 0 Å². The van der Waals surface area contributed by atoms with E-state index in [0.717, 1.165) is 15.9 Å². The standard InChI is InChI=1S/C9H10N4O.C6H6BrNO.C3H5N3/c1-14-8-6-11-4-2-7(8)13-5-3-9(10)12-13;1-9-6-4-8-3-2-5(6)7;4-3-1-2-5-6-3/h2-6H,1H3,(H2,10,12);2-4H,1H3;1-2H,(H3,4,5,6). The van der Waals surface area contributed by atoms with E-state index < -0.39 is 0 Å². The number of hydrogen-bond donors (Lipinski definition) is 3. The first kappa shape index (κ1) is 21.7. The summed E-state index contributed by atoms with van der Waals surface area (Å²) in [5, 5.41) is 10.2. The molecule has 0 aliphatic carbocycles. The number of rotatable bonds is 3. The number of hydrogen-bond acceptors (Lipinski definition) is 8.